The van der Waals surface area contributed by atoms with Crippen LogP contribution in [-0.4, -0.2) is 18.0 Å². The van der Waals surface area contributed by atoms with Crippen molar-refractivity contribution in [3.05, 3.63) is 0 Å². The Morgan fingerprint density at radius 3 is 1.80 bits per heavy atom. The number of carboxylic acids is 1. The Labute approximate surface area is 58.8 Å². The van der Waals surface area contributed by atoms with Crippen LogP contribution in [0.15, 0.2) is 0 Å². The van der Waals surface area contributed by atoms with Crippen LogP contribution in [0.3, 0.4) is 0 Å². The molecule has 4 nitrogen and oxygen atoms in total. The fraction of sp³-hybridized carbons (Fsp3) is 0.500. The molecule has 0 atom stereocenters. The van der Waals surface area contributed by atoms with Crippen molar-refractivity contribution in [2.45, 2.75) is 20.3 Å². The molecule has 0 saturated carbocycles. The van der Waals surface area contributed by atoms with Crippen LogP contribution < -0.4 is 5.11 Å². The minimum atomic E-state index is -1.31. The van der Waals surface area contributed by atoms with Crippen LogP contribution in [-0.2, 0) is 14.4 Å². The van der Waals surface area contributed by atoms with Crippen molar-refractivity contribution in [2.75, 3.05) is 0 Å². The van der Waals surface area contributed by atoms with Crippen LogP contribution in [0.25, 0.3) is 0 Å². The summed E-state index contributed by atoms with van der Waals surface area (Å²) in [5, 5.41) is 9.48. The van der Waals surface area contributed by atoms with Crippen molar-refractivity contribution in [1.29, 1.82) is 0 Å². The van der Waals surface area contributed by atoms with E-state index >= 15 is 0 Å². The molecule has 0 saturated heterocycles. The summed E-state index contributed by atoms with van der Waals surface area (Å²) in [4.78, 5) is 28.1. The van der Waals surface area contributed by atoms with E-state index in [-0.39, 0.29) is 5.78 Å². The maximum atomic E-state index is 9.83. The van der Waals surface area contributed by atoms with Gasteiger partial charge in [0, 0.05) is 12.4 Å². The second-order valence-electron chi connectivity index (χ2n) is 1.49. The summed E-state index contributed by atoms with van der Waals surface area (Å²) in [7, 11) is 0. The predicted octanol–water partition coefficient (Wildman–Crippen LogP) is -1.08. The molecular formula is C6H9O4-. The first kappa shape index (κ1) is 11.6. The number of ketones is 1. The number of rotatable bonds is 2. The van der Waals surface area contributed by atoms with Gasteiger partial charge in [-0.25, -0.2) is 0 Å². The van der Waals surface area contributed by atoms with E-state index in [9.17, 15) is 14.7 Å². The van der Waals surface area contributed by atoms with Crippen molar-refractivity contribution in [3.8, 4) is 0 Å². The highest BCUT2D eigenvalue weighted by molar-refractivity contribution is 5.92. The molecule has 58 valence electrons. The lowest BCUT2D eigenvalue weighted by Crippen LogP contribution is -2.24. The van der Waals surface area contributed by atoms with Gasteiger partial charge in [0.15, 0.2) is 0 Å². The van der Waals surface area contributed by atoms with Crippen LogP contribution in [0.5, 0.6) is 0 Å². The number of aliphatic carboxylic acids is 1. The standard InChI is InChI=1S/C4H6O3.C2H4O/c1-3(5)2-4(6)7;1-2-3/h2H2,1H3,(H,6,7);2H,1H3/p-1. The number of hydrogen-bond acceptors (Lipinski definition) is 4. The maximum Gasteiger partial charge on any atom is 0.135 e. The first-order chi connectivity index (χ1) is 4.54. The maximum absolute atomic E-state index is 9.83. The predicted molar refractivity (Wildman–Crippen MR) is 32.0 cm³/mol. The monoisotopic (exact) mass is 145 g/mol. The Morgan fingerprint density at radius 2 is 1.80 bits per heavy atom. The molecule has 0 aliphatic rings. The van der Waals surface area contributed by atoms with E-state index in [4.69, 9.17) is 4.79 Å². The topological polar surface area (TPSA) is 74.3 Å². The highest BCUT2D eigenvalue weighted by atomic mass is 16.4. The summed E-state index contributed by atoms with van der Waals surface area (Å²) in [6, 6.07) is 0. The number of hydrogen-bond donors (Lipinski definition) is 0. The van der Waals surface area contributed by atoms with Gasteiger partial charge in [-0.15, -0.1) is 0 Å². The highest BCUT2D eigenvalue weighted by Crippen LogP contribution is 1.74. The molecule has 0 N–H and O–H groups in total. The largest absolute Gasteiger partial charge is 0.550 e. The van der Waals surface area contributed by atoms with Crippen molar-refractivity contribution >= 4 is 18.0 Å². The van der Waals surface area contributed by atoms with Crippen molar-refractivity contribution in [1.82, 2.24) is 0 Å². The Hall–Kier alpha value is -1.19. The molecule has 4 heteroatoms. The summed E-state index contributed by atoms with van der Waals surface area (Å²) in [6.45, 7) is 2.65. The number of carbonyl (C=O) groups excluding carboxylic acids is 3. The van der Waals surface area contributed by atoms with Gasteiger partial charge in [0.05, 0.1) is 0 Å². The van der Waals surface area contributed by atoms with E-state index in [2.05, 4.69) is 0 Å². The Morgan fingerprint density at radius 1 is 1.50 bits per heavy atom. The van der Waals surface area contributed by atoms with E-state index in [0.717, 1.165) is 6.29 Å². The summed E-state index contributed by atoms with van der Waals surface area (Å²) in [5.41, 5.74) is 0. The Kier molecular flexibility index (Phi) is 9.05. The Balaban J connectivity index is 0. The number of carbonyl (C=O) groups is 3. The third-order valence-electron chi connectivity index (χ3n) is 0.393. The highest BCUT2D eigenvalue weighted by Gasteiger charge is 1.88. The minimum Gasteiger partial charge on any atom is -0.550 e. The summed E-state index contributed by atoms with van der Waals surface area (Å²) in [5.74, 6) is -1.69. The lowest BCUT2D eigenvalue weighted by molar-refractivity contribution is -0.304. The molecule has 0 aromatic heterocycles. The van der Waals surface area contributed by atoms with Gasteiger partial charge in [0.2, 0.25) is 0 Å². The molecule has 0 aromatic carbocycles. The van der Waals surface area contributed by atoms with Crippen molar-refractivity contribution < 1.29 is 19.5 Å². The molecule has 0 heterocycles. The second-order valence-corrected chi connectivity index (χ2v) is 1.49. The molecule has 0 aliphatic carbocycles. The third kappa shape index (κ3) is 29.1. The second kappa shape index (κ2) is 7.81. The zero-order valence-corrected chi connectivity index (χ0v) is 5.92. The summed E-state index contributed by atoms with van der Waals surface area (Å²) in [6.07, 6.45) is 0.278. The van der Waals surface area contributed by atoms with E-state index in [1.165, 1.54) is 13.8 Å². The SMILES string of the molecule is CC(=O)CC(=O)[O-].CC=O. The Bertz CT molecular complexity index is 116. The number of aldehydes is 1. The quantitative estimate of drug-likeness (QED) is 0.366. The average molecular weight is 145 g/mol. The zero-order valence-electron chi connectivity index (χ0n) is 5.92. The molecule has 0 radical (unpaired) electrons. The molecule has 10 heavy (non-hydrogen) atoms. The molecule has 0 spiro atoms. The van der Waals surface area contributed by atoms with Gasteiger partial charge in [0.25, 0.3) is 0 Å². The average Bonchev–Trinajstić information content (AvgIpc) is 1.62. The lowest BCUT2D eigenvalue weighted by Gasteiger charge is -1.92. The molecule has 0 unspecified atom stereocenters. The van der Waals surface area contributed by atoms with E-state index in [0.29, 0.717) is 0 Å². The van der Waals surface area contributed by atoms with Crippen molar-refractivity contribution in [3.63, 3.8) is 0 Å². The smallest absolute Gasteiger partial charge is 0.135 e. The van der Waals surface area contributed by atoms with Crippen LogP contribution in [0.2, 0.25) is 0 Å². The van der Waals surface area contributed by atoms with Gasteiger partial charge in [-0.3, -0.25) is 4.79 Å². The molecule has 0 fully saturated rings. The van der Waals surface area contributed by atoms with Gasteiger partial charge in [-0.1, -0.05) is 0 Å². The molecular weight excluding hydrogens is 136 g/mol. The van der Waals surface area contributed by atoms with Gasteiger partial charge < -0.3 is 14.7 Å². The van der Waals surface area contributed by atoms with Gasteiger partial charge in [-0.05, 0) is 13.8 Å². The molecule has 0 amide bonds. The summed E-state index contributed by atoms with van der Waals surface area (Å²) < 4.78 is 0. The minimum absolute atomic E-state index is 0.375. The fourth-order valence-corrected chi connectivity index (χ4v) is 0.203. The van der Waals surface area contributed by atoms with Gasteiger partial charge in [-0.2, -0.15) is 0 Å². The summed E-state index contributed by atoms with van der Waals surface area (Å²) >= 11 is 0. The van der Waals surface area contributed by atoms with Crippen LogP contribution in [0.1, 0.15) is 20.3 Å². The number of Topliss-reactive ketones (excluding diaryl/α,β-unsaturated/α-hetero) is 1. The van der Waals surface area contributed by atoms with E-state index in [1.807, 2.05) is 0 Å². The molecule has 0 bridgehead atoms. The molecule has 0 aliphatic heterocycles. The molecule has 0 rings (SSSR count). The van der Waals surface area contributed by atoms with E-state index in [1.54, 1.807) is 0 Å². The number of carboxylic acid groups (broad SMARTS) is 1. The normalized spacial score (nSPS) is 7.00. The van der Waals surface area contributed by atoms with Gasteiger partial charge >= 0.3 is 0 Å². The van der Waals surface area contributed by atoms with Gasteiger partial charge in [0.1, 0.15) is 12.1 Å². The zero-order chi connectivity index (χ0) is 8.57. The van der Waals surface area contributed by atoms with Crippen LogP contribution in [0.4, 0.5) is 0 Å². The third-order valence-corrected chi connectivity index (χ3v) is 0.393. The first-order valence-corrected chi connectivity index (χ1v) is 2.63. The fourth-order valence-electron chi connectivity index (χ4n) is 0.203. The van der Waals surface area contributed by atoms with E-state index < -0.39 is 12.4 Å². The lowest BCUT2D eigenvalue weighted by atomic mass is 10.3. The van der Waals surface area contributed by atoms with Crippen LogP contribution >= 0.6 is 0 Å². The van der Waals surface area contributed by atoms with Crippen LogP contribution in [0, 0.1) is 0 Å². The molecule has 0 aromatic rings. The van der Waals surface area contributed by atoms with Crippen molar-refractivity contribution in [2.24, 2.45) is 0 Å². The first-order valence-electron chi connectivity index (χ1n) is 2.63.